The van der Waals surface area contributed by atoms with Crippen molar-refractivity contribution < 1.29 is 4.39 Å². The minimum absolute atomic E-state index is 0.123. The number of hydrogen-bond donors (Lipinski definition) is 1. The average molecular weight is 276 g/mol. The number of nitrogens with zero attached hydrogens (tertiary/aromatic N) is 1. The van der Waals surface area contributed by atoms with E-state index in [4.69, 9.17) is 5.73 Å². The Balaban J connectivity index is 1.86. The predicted octanol–water partition coefficient (Wildman–Crippen LogP) is 3.40. The maximum atomic E-state index is 13.5. The Morgan fingerprint density at radius 2 is 2.10 bits per heavy atom. The first-order valence-electron chi connectivity index (χ1n) is 7.92. The minimum Gasteiger partial charge on any atom is -0.329 e. The van der Waals surface area contributed by atoms with Crippen molar-refractivity contribution in [3.05, 3.63) is 35.1 Å². The Labute approximate surface area is 121 Å². The van der Waals surface area contributed by atoms with Gasteiger partial charge in [0.2, 0.25) is 0 Å². The summed E-state index contributed by atoms with van der Waals surface area (Å²) in [4.78, 5) is 2.61. The van der Waals surface area contributed by atoms with Gasteiger partial charge < -0.3 is 5.73 Å². The summed E-state index contributed by atoms with van der Waals surface area (Å²) < 4.78 is 13.5. The molecule has 1 aliphatic carbocycles. The van der Waals surface area contributed by atoms with Crippen molar-refractivity contribution in [2.75, 3.05) is 13.1 Å². The molecule has 0 radical (unpaired) electrons. The second-order valence-corrected chi connectivity index (χ2v) is 6.40. The Bertz CT molecular complexity index is 474. The van der Waals surface area contributed by atoms with Crippen LogP contribution in [0.1, 0.15) is 49.3 Å². The molecule has 3 heteroatoms. The molecular formula is C17H25FN2. The van der Waals surface area contributed by atoms with Gasteiger partial charge in [-0.3, -0.25) is 4.90 Å². The predicted molar refractivity (Wildman–Crippen MR) is 80.0 cm³/mol. The largest absolute Gasteiger partial charge is 0.329 e. The van der Waals surface area contributed by atoms with Crippen LogP contribution in [0.25, 0.3) is 0 Å². The fraction of sp³-hybridized carbons (Fsp3) is 0.647. The smallest absolute Gasteiger partial charge is 0.126 e. The van der Waals surface area contributed by atoms with E-state index in [0.717, 1.165) is 18.0 Å². The lowest BCUT2D eigenvalue weighted by atomic mass is 9.89. The molecule has 0 bridgehead atoms. The molecule has 3 rings (SSSR count). The molecule has 2 fully saturated rings. The quantitative estimate of drug-likeness (QED) is 0.917. The summed E-state index contributed by atoms with van der Waals surface area (Å²) in [5.74, 6) is 0.737. The molecule has 0 amide bonds. The van der Waals surface area contributed by atoms with Gasteiger partial charge in [-0.1, -0.05) is 18.6 Å². The monoisotopic (exact) mass is 276 g/mol. The number of benzene rings is 1. The zero-order valence-corrected chi connectivity index (χ0v) is 12.3. The number of halogens is 1. The summed E-state index contributed by atoms with van der Waals surface area (Å²) in [5, 5.41) is 0. The Hall–Kier alpha value is -0.930. The van der Waals surface area contributed by atoms with Crippen molar-refractivity contribution in [1.82, 2.24) is 4.90 Å². The second kappa shape index (κ2) is 5.82. The van der Waals surface area contributed by atoms with E-state index in [1.54, 1.807) is 6.07 Å². The topological polar surface area (TPSA) is 29.3 Å². The zero-order valence-electron chi connectivity index (χ0n) is 12.3. The Morgan fingerprint density at radius 1 is 1.30 bits per heavy atom. The molecule has 1 heterocycles. The first-order valence-corrected chi connectivity index (χ1v) is 7.92. The zero-order chi connectivity index (χ0) is 14.1. The lowest BCUT2D eigenvalue weighted by molar-refractivity contribution is 0.0701. The van der Waals surface area contributed by atoms with Crippen molar-refractivity contribution in [1.29, 1.82) is 0 Å². The van der Waals surface area contributed by atoms with Crippen LogP contribution in [0.4, 0.5) is 4.39 Å². The summed E-state index contributed by atoms with van der Waals surface area (Å²) in [6, 6.07) is 6.43. The van der Waals surface area contributed by atoms with E-state index < -0.39 is 0 Å². The van der Waals surface area contributed by atoms with Crippen molar-refractivity contribution in [3.63, 3.8) is 0 Å². The maximum Gasteiger partial charge on any atom is 0.126 e. The van der Waals surface area contributed by atoms with Crippen LogP contribution in [0, 0.1) is 18.7 Å². The molecule has 0 aromatic heterocycles. The third-order valence-electron chi connectivity index (χ3n) is 5.23. The van der Waals surface area contributed by atoms with Gasteiger partial charge in [-0.15, -0.1) is 0 Å². The molecule has 1 saturated heterocycles. The van der Waals surface area contributed by atoms with Crippen LogP contribution < -0.4 is 5.73 Å². The van der Waals surface area contributed by atoms with Gasteiger partial charge >= 0.3 is 0 Å². The third kappa shape index (κ3) is 2.49. The molecule has 20 heavy (non-hydrogen) atoms. The molecule has 3 atom stereocenters. The average Bonchev–Trinajstić information content (AvgIpc) is 2.93. The minimum atomic E-state index is -0.123. The Morgan fingerprint density at radius 3 is 2.85 bits per heavy atom. The van der Waals surface area contributed by atoms with E-state index in [-0.39, 0.29) is 11.9 Å². The number of piperidine rings is 1. The lowest BCUT2D eigenvalue weighted by Crippen LogP contribution is -2.46. The van der Waals surface area contributed by atoms with E-state index in [1.807, 2.05) is 19.1 Å². The first kappa shape index (κ1) is 14.0. The number of rotatable bonds is 3. The fourth-order valence-corrected chi connectivity index (χ4v) is 4.22. The van der Waals surface area contributed by atoms with Crippen molar-refractivity contribution >= 4 is 0 Å². The van der Waals surface area contributed by atoms with Crippen LogP contribution in [-0.4, -0.2) is 24.0 Å². The van der Waals surface area contributed by atoms with Crippen LogP contribution in [0.3, 0.4) is 0 Å². The van der Waals surface area contributed by atoms with Gasteiger partial charge in [0.15, 0.2) is 0 Å². The highest BCUT2D eigenvalue weighted by molar-refractivity contribution is 5.27. The number of likely N-dealkylation sites (tertiary alicyclic amines) is 1. The normalized spacial score (nSPS) is 28.4. The molecule has 1 aromatic rings. The van der Waals surface area contributed by atoms with Gasteiger partial charge in [-0.25, -0.2) is 4.39 Å². The molecule has 110 valence electrons. The first-order chi connectivity index (χ1) is 9.70. The van der Waals surface area contributed by atoms with Gasteiger partial charge in [-0.05, 0) is 62.3 Å². The van der Waals surface area contributed by atoms with Gasteiger partial charge in [0.1, 0.15) is 5.82 Å². The molecule has 3 unspecified atom stereocenters. The third-order valence-corrected chi connectivity index (χ3v) is 5.23. The van der Waals surface area contributed by atoms with Crippen molar-refractivity contribution in [3.8, 4) is 0 Å². The van der Waals surface area contributed by atoms with Crippen molar-refractivity contribution in [2.24, 2.45) is 11.7 Å². The highest BCUT2D eigenvalue weighted by atomic mass is 19.1. The van der Waals surface area contributed by atoms with E-state index in [0.29, 0.717) is 12.6 Å². The van der Waals surface area contributed by atoms with Crippen LogP contribution in [-0.2, 0) is 0 Å². The molecular weight excluding hydrogens is 251 g/mol. The van der Waals surface area contributed by atoms with Crippen LogP contribution >= 0.6 is 0 Å². The van der Waals surface area contributed by atoms with Gasteiger partial charge in [-0.2, -0.15) is 0 Å². The summed E-state index contributed by atoms with van der Waals surface area (Å²) in [5.41, 5.74) is 7.97. The van der Waals surface area contributed by atoms with E-state index in [2.05, 4.69) is 4.90 Å². The summed E-state index contributed by atoms with van der Waals surface area (Å²) in [6.07, 6.45) is 6.69. The Kier molecular flexibility index (Phi) is 4.08. The van der Waals surface area contributed by atoms with Gasteiger partial charge in [0.25, 0.3) is 0 Å². The van der Waals surface area contributed by atoms with Crippen LogP contribution in [0.2, 0.25) is 0 Å². The molecule has 1 aliphatic heterocycles. The molecule has 1 aromatic carbocycles. The number of fused-ring (bicyclic) bond motifs is 1. The van der Waals surface area contributed by atoms with Gasteiger partial charge in [0, 0.05) is 18.6 Å². The summed E-state index contributed by atoms with van der Waals surface area (Å²) >= 11 is 0. The molecule has 2 N–H and O–H groups in total. The number of aryl methyl sites for hydroxylation is 1. The van der Waals surface area contributed by atoms with Crippen LogP contribution in [0.5, 0.6) is 0 Å². The summed E-state index contributed by atoms with van der Waals surface area (Å²) in [6.45, 7) is 3.59. The van der Waals surface area contributed by atoms with Crippen LogP contribution in [0.15, 0.2) is 18.2 Å². The van der Waals surface area contributed by atoms with Gasteiger partial charge in [0.05, 0.1) is 0 Å². The van der Waals surface area contributed by atoms with E-state index >= 15 is 0 Å². The molecule has 0 spiro atoms. The summed E-state index contributed by atoms with van der Waals surface area (Å²) in [7, 11) is 0. The number of nitrogens with two attached hydrogens (primary N) is 1. The molecule has 2 nitrogen and oxygen atoms in total. The lowest BCUT2D eigenvalue weighted by Gasteiger charge is -2.42. The molecule has 2 aliphatic rings. The standard InChI is InChI=1S/C17H25FN2/c1-12-10-14(7-8-15(12)18)17(11-19)20-9-3-5-13-4-2-6-16(13)20/h7-8,10,13,16-17H,2-6,9,11,19H2,1H3. The highest BCUT2D eigenvalue weighted by Gasteiger charge is 2.38. The fourth-order valence-electron chi connectivity index (χ4n) is 4.22. The number of hydrogen-bond acceptors (Lipinski definition) is 2. The highest BCUT2D eigenvalue weighted by Crippen LogP contribution is 2.40. The second-order valence-electron chi connectivity index (χ2n) is 6.40. The maximum absolute atomic E-state index is 13.5. The molecule has 1 saturated carbocycles. The SMILES string of the molecule is Cc1cc(C(CN)N2CCCC3CCCC32)ccc1F. The van der Waals surface area contributed by atoms with Crippen molar-refractivity contribution in [2.45, 2.75) is 51.1 Å². The van der Waals surface area contributed by atoms with E-state index in [1.165, 1.54) is 37.7 Å². The van der Waals surface area contributed by atoms with E-state index in [9.17, 15) is 4.39 Å².